The van der Waals surface area contributed by atoms with Gasteiger partial charge in [0.15, 0.2) is 15.9 Å². The van der Waals surface area contributed by atoms with Gasteiger partial charge in [-0.1, -0.05) is 30.3 Å². The molecule has 0 fully saturated rings. The summed E-state index contributed by atoms with van der Waals surface area (Å²) in [6.45, 7) is -0.327. The van der Waals surface area contributed by atoms with Crippen molar-refractivity contribution in [2.75, 3.05) is 67.8 Å². The lowest BCUT2D eigenvalue weighted by molar-refractivity contribution is -0.142. The van der Waals surface area contributed by atoms with Crippen molar-refractivity contribution in [1.82, 2.24) is 20.0 Å². The van der Waals surface area contributed by atoms with Crippen molar-refractivity contribution in [2.45, 2.75) is 31.0 Å². The van der Waals surface area contributed by atoms with Gasteiger partial charge in [0.05, 0.1) is 18.1 Å². The molecule has 1 rings (SSSR count). The van der Waals surface area contributed by atoms with E-state index >= 15 is 0 Å². The molecule has 0 saturated carbocycles. The molecule has 0 unspecified atom stereocenters. The molecule has 6 N–H and O–H groups in total. The predicted molar refractivity (Wildman–Crippen MR) is 180 cm³/mol. The number of carboxylic acid groups (broad SMARTS) is 2. The van der Waals surface area contributed by atoms with E-state index in [0.29, 0.717) is 0 Å². The fraction of sp³-hybridized carbons (Fsp3) is 0.615. The van der Waals surface area contributed by atoms with Crippen LogP contribution >= 0.6 is 54.1 Å². The topological polar surface area (TPSA) is 226 Å². The van der Waals surface area contributed by atoms with Crippen LogP contribution in [0.1, 0.15) is 24.4 Å². The van der Waals surface area contributed by atoms with Crippen LogP contribution in [0.15, 0.2) is 30.3 Å². The maximum absolute atomic E-state index is 14.2. The van der Waals surface area contributed by atoms with Gasteiger partial charge in [0.25, 0.3) is 0 Å². The Bertz CT molecular complexity index is 1290. The van der Waals surface area contributed by atoms with Gasteiger partial charge in [0.2, 0.25) is 11.8 Å². The first-order valence-electron chi connectivity index (χ1n) is 14.2. The van der Waals surface area contributed by atoms with Crippen LogP contribution in [0.2, 0.25) is 0 Å². The minimum atomic E-state index is -4.29. The first-order chi connectivity index (χ1) is 22.1. The number of halogens is 4. The Morgan fingerprint density at radius 3 is 1.83 bits per heavy atom. The number of carboxylic acids is 2. The zero-order valence-electron chi connectivity index (χ0n) is 25.3. The molecule has 0 radical (unpaired) electrons. The monoisotopic (exact) mass is 785 g/mol. The highest BCUT2D eigenvalue weighted by molar-refractivity contribution is 7.91. The maximum Gasteiger partial charge on any atom is 0.346 e. The number of amides is 2. The largest absolute Gasteiger partial charge is 0.480 e. The molecular weight excluding hydrogens is 747 g/mol. The van der Waals surface area contributed by atoms with E-state index in [4.69, 9.17) is 61.8 Å². The molecule has 15 nitrogen and oxygen atoms in total. The van der Waals surface area contributed by atoms with E-state index in [1.54, 1.807) is 6.07 Å². The molecule has 268 valence electrons. The van der Waals surface area contributed by atoms with Crippen molar-refractivity contribution in [2.24, 2.45) is 5.73 Å². The summed E-state index contributed by atoms with van der Waals surface area (Å²) in [7, 11) is -8.26. The molecule has 0 saturated heterocycles. The quantitative estimate of drug-likeness (QED) is 0.0704. The SMILES string of the molecule is N[C@@H](CCC(=O)N[C@H](CS(=O)(=O)CCOP(=O)(N(CCCl)CCCl)N(CCCl)CCCl)C(=O)N[C@@H](C(=O)O)c1ccccc1)C(=O)O. The number of benzene rings is 1. The molecule has 3 atom stereocenters. The molecule has 2 amide bonds. The van der Waals surface area contributed by atoms with Crippen LogP contribution < -0.4 is 16.4 Å². The number of carbonyl (C=O) groups excluding carboxylic acids is 2. The minimum Gasteiger partial charge on any atom is -0.480 e. The van der Waals surface area contributed by atoms with Gasteiger partial charge >= 0.3 is 19.6 Å². The lowest BCUT2D eigenvalue weighted by Crippen LogP contribution is -2.52. The number of hydrogen-bond acceptors (Lipinski definition) is 9. The standard InChI is InChI=1S/C26H40Cl4N5O10PS/c27-8-12-34(13-9-28)46(42,35(14-10-29)15-11-30)45-16-17-47(43,44)18-21(32-22(36)7-6-20(31)25(38)39)24(37)33-23(26(40)41)19-4-2-1-3-5-19/h1-5,20-21,23H,6-18,31H2,(H,32,36)(H,33,37)(H,38,39)(H,40,41)/t20-,21+,23+/m0/s1. The lowest BCUT2D eigenvalue weighted by atomic mass is 10.1. The van der Waals surface area contributed by atoms with Crippen LogP contribution in [0.5, 0.6) is 0 Å². The van der Waals surface area contributed by atoms with Crippen molar-refractivity contribution in [3.63, 3.8) is 0 Å². The normalized spacial score (nSPS) is 14.0. The number of nitrogens with one attached hydrogen (secondary N) is 2. The summed E-state index contributed by atoms with van der Waals surface area (Å²) in [6, 6.07) is 2.77. The van der Waals surface area contributed by atoms with Crippen LogP contribution in [0, 0.1) is 0 Å². The molecular formula is C26H40Cl4N5O10PS. The van der Waals surface area contributed by atoms with Gasteiger partial charge in [0.1, 0.15) is 12.1 Å². The first-order valence-corrected chi connectivity index (χ1v) is 19.7. The van der Waals surface area contributed by atoms with Gasteiger partial charge in [-0.3, -0.25) is 18.9 Å². The fourth-order valence-corrected chi connectivity index (χ4v) is 9.20. The van der Waals surface area contributed by atoms with Crippen molar-refractivity contribution < 1.29 is 46.9 Å². The molecule has 0 aromatic heterocycles. The number of hydrogen-bond donors (Lipinski definition) is 5. The molecule has 1 aromatic carbocycles. The van der Waals surface area contributed by atoms with Gasteiger partial charge in [-0.15, -0.1) is 46.4 Å². The summed E-state index contributed by atoms with van der Waals surface area (Å²) in [5, 5.41) is 23.2. The molecule has 21 heteroatoms. The second-order valence-corrected chi connectivity index (χ2v) is 16.0. The number of aliphatic carboxylic acids is 2. The average Bonchev–Trinajstić information content (AvgIpc) is 3.01. The summed E-state index contributed by atoms with van der Waals surface area (Å²) >= 11 is 23.6. The average molecular weight is 787 g/mol. The Hall–Kier alpha value is -1.72. The van der Waals surface area contributed by atoms with E-state index < -0.39 is 83.9 Å². The Morgan fingerprint density at radius 2 is 1.38 bits per heavy atom. The van der Waals surface area contributed by atoms with Crippen LogP contribution in [0.4, 0.5) is 0 Å². The summed E-state index contributed by atoms with van der Waals surface area (Å²) < 4.78 is 49.2. The number of rotatable bonds is 25. The summed E-state index contributed by atoms with van der Waals surface area (Å²) in [5.74, 6) is -6.46. The van der Waals surface area contributed by atoms with Gasteiger partial charge in [0, 0.05) is 56.1 Å². The van der Waals surface area contributed by atoms with Crippen LogP contribution in [0.25, 0.3) is 0 Å². The zero-order valence-corrected chi connectivity index (χ0v) is 30.0. The third-order valence-corrected chi connectivity index (χ3v) is 11.5. The van der Waals surface area contributed by atoms with Gasteiger partial charge in [-0.25, -0.2) is 22.6 Å². The van der Waals surface area contributed by atoms with Crippen molar-refractivity contribution >= 4 is 87.7 Å². The number of alkyl halides is 4. The van der Waals surface area contributed by atoms with E-state index in [9.17, 15) is 37.3 Å². The van der Waals surface area contributed by atoms with E-state index in [1.807, 2.05) is 0 Å². The molecule has 1 aromatic rings. The third kappa shape index (κ3) is 15.2. The molecule has 47 heavy (non-hydrogen) atoms. The Morgan fingerprint density at radius 1 is 0.872 bits per heavy atom. The number of nitrogens with zero attached hydrogens (tertiary/aromatic N) is 2. The van der Waals surface area contributed by atoms with Crippen LogP contribution in [0.3, 0.4) is 0 Å². The van der Waals surface area contributed by atoms with Crippen molar-refractivity contribution in [3.8, 4) is 0 Å². The van der Waals surface area contributed by atoms with Crippen molar-refractivity contribution in [3.05, 3.63) is 35.9 Å². The number of sulfone groups is 1. The summed E-state index contributed by atoms with van der Waals surface area (Å²) in [5.41, 5.74) is 5.61. The Labute approximate surface area is 293 Å². The highest BCUT2D eigenvalue weighted by atomic mass is 35.5. The Balaban J connectivity index is 3.26. The highest BCUT2D eigenvalue weighted by Gasteiger charge is 2.39. The minimum absolute atomic E-state index is 0.0479. The second-order valence-electron chi connectivity index (χ2n) is 9.90. The lowest BCUT2D eigenvalue weighted by Gasteiger charge is -2.37. The first kappa shape index (κ1) is 43.3. The summed E-state index contributed by atoms with van der Waals surface area (Å²) in [4.78, 5) is 48.9. The predicted octanol–water partition coefficient (Wildman–Crippen LogP) is 1.70. The van der Waals surface area contributed by atoms with E-state index in [2.05, 4.69) is 10.6 Å². The van der Waals surface area contributed by atoms with Gasteiger partial charge < -0.3 is 31.1 Å². The number of nitrogens with two attached hydrogens (primary N) is 1. The van der Waals surface area contributed by atoms with Crippen LogP contribution in [-0.4, -0.2) is 132 Å². The Kier molecular flexibility index (Phi) is 20.3. The zero-order chi connectivity index (χ0) is 35.6. The van der Waals surface area contributed by atoms with Gasteiger partial charge in [-0.2, -0.15) is 0 Å². The van der Waals surface area contributed by atoms with Crippen LogP contribution in [-0.2, 0) is 38.1 Å². The second kappa shape index (κ2) is 22.1. The smallest absolute Gasteiger partial charge is 0.346 e. The molecule has 0 aliphatic heterocycles. The maximum atomic E-state index is 14.2. The molecule has 0 spiro atoms. The van der Waals surface area contributed by atoms with Gasteiger partial charge in [-0.05, 0) is 12.0 Å². The molecule has 0 bridgehead atoms. The van der Waals surface area contributed by atoms with E-state index in [1.165, 1.54) is 33.6 Å². The fourth-order valence-electron chi connectivity index (χ4n) is 4.12. The molecule has 0 heterocycles. The molecule has 0 aliphatic rings. The van der Waals surface area contributed by atoms with Crippen molar-refractivity contribution in [1.29, 1.82) is 0 Å². The molecule has 0 aliphatic carbocycles. The third-order valence-electron chi connectivity index (χ3n) is 6.48. The highest BCUT2D eigenvalue weighted by Crippen LogP contribution is 2.54. The number of carbonyl (C=O) groups is 4. The van der Waals surface area contributed by atoms with E-state index in [0.717, 1.165) is 0 Å². The summed E-state index contributed by atoms with van der Waals surface area (Å²) in [6.07, 6.45) is -0.798. The van der Waals surface area contributed by atoms with E-state index in [-0.39, 0.29) is 61.7 Å².